The Balaban J connectivity index is 1.32. The van der Waals surface area contributed by atoms with Gasteiger partial charge in [-0.05, 0) is 79.9 Å². The zero-order valence-corrected chi connectivity index (χ0v) is 22.3. The summed E-state index contributed by atoms with van der Waals surface area (Å²) >= 11 is 0. The van der Waals surface area contributed by atoms with Crippen LogP contribution in [0.25, 0.3) is 0 Å². The molecule has 0 heterocycles. The highest BCUT2D eigenvalue weighted by atomic mass is 16.5. The van der Waals surface area contributed by atoms with Crippen LogP contribution in [0.2, 0.25) is 0 Å². The molecule has 2 fully saturated rings. The Bertz CT molecular complexity index is 719. The van der Waals surface area contributed by atoms with Crippen molar-refractivity contribution in [3.05, 3.63) is 29.3 Å². The summed E-state index contributed by atoms with van der Waals surface area (Å²) in [5, 5.41) is 9.76. The van der Waals surface area contributed by atoms with Crippen molar-refractivity contribution in [1.82, 2.24) is 0 Å². The van der Waals surface area contributed by atoms with Crippen molar-refractivity contribution in [3.63, 3.8) is 0 Å². The van der Waals surface area contributed by atoms with Gasteiger partial charge < -0.3 is 4.74 Å². The molecule has 3 rings (SSSR count). The Hall–Kier alpha value is -1.49. The fourth-order valence-electron chi connectivity index (χ4n) is 6.66. The molecule has 0 aliphatic heterocycles. The molecule has 2 nitrogen and oxygen atoms in total. The largest absolute Gasteiger partial charge is 0.494 e. The number of hydrogen-bond acceptors (Lipinski definition) is 2. The van der Waals surface area contributed by atoms with Gasteiger partial charge in [0.1, 0.15) is 5.75 Å². The van der Waals surface area contributed by atoms with E-state index in [2.05, 4.69) is 32.0 Å². The lowest BCUT2D eigenvalue weighted by atomic mass is 9.76. The van der Waals surface area contributed by atoms with Crippen LogP contribution in [0.3, 0.4) is 0 Å². The van der Waals surface area contributed by atoms with Crippen LogP contribution in [0.1, 0.15) is 146 Å². The van der Waals surface area contributed by atoms with E-state index in [0.717, 1.165) is 42.1 Å². The third kappa shape index (κ3) is 8.94. The lowest BCUT2D eigenvalue weighted by Crippen LogP contribution is -2.15. The summed E-state index contributed by atoms with van der Waals surface area (Å²) in [7, 11) is 0. The predicted octanol–water partition coefficient (Wildman–Crippen LogP) is 9.96. The van der Waals surface area contributed by atoms with Gasteiger partial charge in [-0.3, -0.25) is 0 Å². The number of nitrogens with zero attached hydrogens (tertiary/aromatic N) is 1. The smallest absolute Gasteiger partial charge is 0.120 e. The molecule has 0 unspecified atom stereocenters. The van der Waals surface area contributed by atoms with Crippen molar-refractivity contribution >= 4 is 0 Å². The summed E-state index contributed by atoms with van der Waals surface area (Å²) < 4.78 is 6.09. The van der Waals surface area contributed by atoms with Crippen LogP contribution in [0.5, 0.6) is 5.75 Å². The molecule has 0 aromatic heterocycles. The van der Waals surface area contributed by atoms with E-state index in [-0.39, 0.29) is 0 Å². The molecule has 190 valence electrons. The molecular weight excluding hydrogens is 414 g/mol. The molecule has 0 N–H and O–H groups in total. The van der Waals surface area contributed by atoms with Gasteiger partial charge in [-0.15, -0.1) is 0 Å². The SMILES string of the molecule is CCCCCCCC1CCC(CCCOc2ccc(C3CCC(CCC)CC3)c(C#N)c2)CC1. The Kier molecular flexibility index (Phi) is 12.4. The maximum absolute atomic E-state index is 9.76. The maximum atomic E-state index is 9.76. The lowest BCUT2D eigenvalue weighted by Gasteiger charge is -2.29. The van der Waals surface area contributed by atoms with Crippen molar-refractivity contribution in [1.29, 1.82) is 5.26 Å². The zero-order valence-electron chi connectivity index (χ0n) is 22.3. The molecule has 0 bridgehead atoms. The summed E-state index contributed by atoms with van der Waals surface area (Å²) in [5.74, 6) is 4.24. The highest BCUT2D eigenvalue weighted by molar-refractivity contribution is 5.45. The second kappa shape index (κ2) is 15.5. The number of unbranched alkanes of at least 4 members (excludes halogenated alkanes) is 4. The molecule has 0 radical (unpaired) electrons. The van der Waals surface area contributed by atoms with Crippen LogP contribution in [-0.2, 0) is 0 Å². The van der Waals surface area contributed by atoms with Crippen LogP contribution in [0, 0.1) is 29.1 Å². The average Bonchev–Trinajstić information content (AvgIpc) is 2.88. The van der Waals surface area contributed by atoms with E-state index in [4.69, 9.17) is 4.74 Å². The second-order valence-corrected chi connectivity index (χ2v) is 11.4. The van der Waals surface area contributed by atoms with Crippen LogP contribution in [0.15, 0.2) is 18.2 Å². The molecular formula is C32H51NO. The minimum atomic E-state index is 0.559. The molecule has 0 atom stereocenters. The molecule has 0 saturated heterocycles. The van der Waals surface area contributed by atoms with Gasteiger partial charge >= 0.3 is 0 Å². The van der Waals surface area contributed by atoms with Gasteiger partial charge in [0, 0.05) is 0 Å². The molecule has 2 saturated carbocycles. The summed E-state index contributed by atoms with van der Waals surface area (Å²) in [6.45, 7) is 5.37. The van der Waals surface area contributed by atoms with Gasteiger partial charge in [0.25, 0.3) is 0 Å². The first-order chi connectivity index (χ1) is 16.7. The van der Waals surface area contributed by atoms with Gasteiger partial charge in [0.2, 0.25) is 0 Å². The quantitative estimate of drug-likeness (QED) is 0.256. The van der Waals surface area contributed by atoms with Crippen molar-refractivity contribution < 1.29 is 4.74 Å². The molecule has 0 amide bonds. The van der Waals surface area contributed by atoms with Gasteiger partial charge in [0.15, 0.2) is 0 Å². The fourth-order valence-corrected chi connectivity index (χ4v) is 6.66. The topological polar surface area (TPSA) is 33.0 Å². The first kappa shape index (κ1) is 27.1. The van der Waals surface area contributed by atoms with E-state index in [1.807, 2.05) is 6.07 Å². The van der Waals surface area contributed by atoms with Crippen LogP contribution < -0.4 is 4.74 Å². The molecule has 2 aliphatic rings. The Morgan fingerprint density at radius 3 is 2.00 bits per heavy atom. The van der Waals surface area contributed by atoms with Gasteiger partial charge in [0.05, 0.1) is 18.2 Å². The number of rotatable bonds is 14. The third-order valence-electron chi connectivity index (χ3n) is 8.84. The van der Waals surface area contributed by atoms with Crippen molar-refractivity contribution in [2.24, 2.45) is 17.8 Å². The number of nitriles is 1. The molecule has 1 aromatic rings. The minimum Gasteiger partial charge on any atom is -0.494 e. The molecule has 34 heavy (non-hydrogen) atoms. The fraction of sp³-hybridized carbons (Fsp3) is 0.781. The highest BCUT2D eigenvalue weighted by Crippen LogP contribution is 2.39. The third-order valence-corrected chi connectivity index (χ3v) is 8.84. The minimum absolute atomic E-state index is 0.559. The molecule has 2 aliphatic carbocycles. The van der Waals surface area contributed by atoms with Crippen molar-refractivity contribution in [2.75, 3.05) is 6.61 Å². The Labute approximate surface area is 210 Å². The van der Waals surface area contributed by atoms with E-state index in [0.29, 0.717) is 5.92 Å². The van der Waals surface area contributed by atoms with Crippen LogP contribution >= 0.6 is 0 Å². The Morgan fingerprint density at radius 2 is 1.35 bits per heavy atom. The van der Waals surface area contributed by atoms with Crippen LogP contribution in [0.4, 0.5) is 0 Å². The normalized spacial score (nSPS) is 25.1. The summed E-state index contributed by atoms with van der Waals surface area (Å²) in [4.78, 5) is 0. The standard InChI is InChI=1S/C32H51NO/c1-3-5-6-7-8-11-27-13-15-28(16-14-27)12-9-23-34-31-21-22-32(30(24-31)25-33)29-19-17-26(10-4-2)18-20-29/h21-22,24,26-29H,3-20,23H2,1-2H3. The van der Waals surface area contributed by atoms with Gasteiger partial charge in [-0.1, -0.05) is 97.0 Å². The first-order valence-corrected chi connectivity index (χ1v) is 14.9. The first-order valence-electron chi connectivity index (χ1n) is 14.9. The second-order valence-electron chi connectivity index (χ2n) is 11.4. The van der Waals surface area contributed by atoms with Crippen molar-refractivity contribution in [3.8, 4) is 11.8 Å². The number of hydrogen-bond donors (Lipinski definition) is 0. The number of ether oxygens (including phenoxy) is 1. The summed E-state index contributed by atoms with van der Waals surface area (Å²) in [5.41, 5.74) is 2.09. The molecule has 1 aromatic carbocycles. The number of benzene rings is 1. The summed E-state index contributed by atoms with van der Waals surface area (Å²) in [6.07, 6.45) is 24.5. The van der Waals surface area contributed by atoms with E-state index in [9.17, 15) is 5.26 Å². The zero-order chi connectivity index (χ0) is 24.0. The van der Waals surface area contributed by atoms with E-state index in [1.54, 1.807) is 0 Å². The average molecular weight is 466 g/mol. The predicted molar refractivity (Wildman–Crippen MR) is 144 cm³/mol. The van der Waals surface area contributed by atoms with E-state index in [1.165, 1.54) is 115 Å². The Morgan fingerprint density at radius 1 is 0.735 bits per heavy atom. The summed E-state index contributed by atoms with van der Waals surface area (Å²) in [6, 6.07) is 8.75. The van der Waals surface area contributed by atoms with E-state index < -0.39 is 0 Å². The van der Waals surface area contributed by atoms with Gasteiger partial charge in [-0.2, -0.15) is 5.26 Å². The monoisotopic (exact) mass is 465 g/mol. The van der Waals surface area contributed by atoms with Gasteiger partial charge in [-0.25, -0.2) is 0 Å². The molecule has 2 heteroatoms. The van der Waals surface area contributed by atoms with E-state index >= 15 is 0 Å². The lowest BCUT2D eigenvalue weighted by molar-refractivity contribution is 0.228. The highest BCUT2D eigenvalue weighted by Gasteiger charge is 2.24. The maximum Gasteiger partial charge on any atom is 0.120 e. The van der Waals surface area contributed by atoms with Crippen LogP contribution in [-0.4, -0.2) is 6.61 Å². The molecule has 0 spiro atoms. The van der Waals surface area contributed by atoms with Crippen molar-refractivity contribution in [2.45, 2.75) is 135 Å².